The molecule has 1 aromatic carbocycles. The summed E-state index contributed by atoms with van der Waals surface area (Å²) in [5.41, 5.74) is 1.01. The molecular formula is C23H29N5O3. The molecule has 0 saturated carbocycles. The van der Waals surface area contributed by atoms with Gasteiger partial charge in [0.25, 0.3) is 5.56 Å². The van der Waals surface area contributed by atoms with Crippen molar-refractivity contribution in [1.29, 1.82) is 0 Å². The van der Waals surface area contributed by atoms with Crippen LogP contribution in [0.2, 0.25) is 0 Å². The van der Waals surface area contributed by atoms with Crippen LogP contribution in [0.5, 0.6) is 0 Å². The van der Waals surface area contributed by atoms with Gasteiger partial charge in [0.1, 0.15) is 17.6 Å². The fourth-order valence-electron chi connectivity index (χ4n) is 4.56. The van der Waals surface area contributed by atoms with Crippen molar-refractivity contribution in [3.05, 3.63) is 40.8 Å². The zero-order chi connectivity index (χ0) is 22.1. The van der Waals surface area contributed by atoms with E-state index in [1.165, 1.54) is 4.68 Å². The highest BCUT2D eigenvalue weighted by atomic mass is 16.2. The highest BCUT2D eigenvalue weighted by molar-refractivity contribution is 6.08. The number of nitrogens with one attached hydrogen (secondary N) is 1. The first kappa shape index (κ1) is 21.1. The Labute approximate surface area is 180 Å². The van der Waals surface area contributed by atoms with Gasteiger partial charge in [0.05, 0.1) is 11.7 Å². The molecule has 4 rings (SSSR count). The van der Waals surface area contributed by atoms with E-state index in [1.54, 1.807) is 20.2 Å². The Balaban J connectivity index is 1.71. The number of hydrogen-bond donors (Lipinski definition) is 1. The van der Waals surface area contributed by atoms with Gasteiger partial charge in [-0.2, -0.15) is 5.10 Å². The maximum Gasteiger partial charge on any atom is 0.291 e. The molecule has 2 atom stereocenters. The smallest absolute Gasteiger partial charge is 0.291 e. The minimum Gasteiger partial charge on any atom is -0.343 e. The average molecular weight is 424 g/mol. The summed E-state index contributed by atoms with van der Waals surface area (Å²) < 4.78 is 3.09. The number of likely N-dealkylation sites (tertiary alicyclic amines) is 1. The molecule has 31 heavy (non-hydrogen) atoms. The molecule has 0 spiro atoms. The second kappa shape index (κ2) is 8.53. The van der Waals surface area contributed by atoms with Crippen LogP contribution in [0.25, 0.3) is 21.8 Å². The minimum absolute atomic E-state index is 0.0507. The van der Waals surface area contributed by atoms with Crippen molar-refractivity contribution < 1.29 is 9.59 Å². The van der Waals surface area contributed by atoms with Gasteiger partial charge >= 0.3 is 0 Å². The Morgan fingerprint density at radius 1 is 1.13 bits per heavy atom. The molecule has 1 N–H and O–H groups in total. The summed E-state index contributed by atoms with van der Waals surface area (Å²) in [6.07, 6.45) is 5.30. The van der Waals surface area contributed by atoms with Crippen LogP contribution in [-0.2, 0) is 16.6 Å². The summed E-state index contributed by atoms with van der Waals surface area (Å²) in [7, 11) is 1.60. The Kier molecular flexibility index (Phi) is 5.80. The first-order valence-electron chi connectivity index (χ1n) is 11.0. The monoisotopic (exact) mass is 423 g/mol. The van der Waals surface area contributed by atoms with Gasteiger partial charge in [0, 0.05) is 30.9 Å². The van der Waals surface area contributed by atoms with Crippen LogP contribution in [0, 0.1) is 0 Å². The van der Waals surface area contributed by atoms with Crippen molar-refractivity contribution in [3.63, 3.8) is 0 Å². The van der Waals surface area contributed by atoms with E-state index in [4.69, 9.17) is 0 Å². The Hall–Kier alpha value is -3.16. The van der Waals surface area contributed by atoms with E-state index in [0.717, 1.165) is 48.6 Å². The summed E-state index contributed by atoms with van der Waals surface area (Å²) in [6, 6.07) is 6.41. The largest absolute Gasteiger partial charge is 0.343 e. The maximum atomic E-state index is 13.3. The van der Waals surface area contributed by atoms with Gasteiger partial charge in [-0.15, -0.1) is 0 Å². The second-order valence-corrected chi connectivity index (χ2v) is 8.26. The van der Waals surface area contributed by atoms with Gasteiger partial charge in [-0.25, -0.2) is 4.68 Å². The maximum absolute atomic E-state index is 13.3. The number of aryl methyl sites for hydroxylation is 1. The van der Waals surface area contributed by atoms with Gasteiger partial charge in [-0.05, 0) is 38.7 Å². The lowest BCUT2D eigenvalue weighted by Crippen LogP contribution is -2.50. The summed E-state index contributed by atoms with van der Waals surface area (Å²) in [6.45, 7) is 5.13. The van der Waals surface area contributed by atoms with Crippen LogP contribution in [0.3, 0.4) is 0 Å². The molecule has 3 aromatic rings. The van der Waals surface area contributed by atoms with Gasteiger partial charge in [-0.3, -0.25) is 14.4 Å². The summed E-state index contributed by atoms with van der Waals surface area (Å²) in [4.78, 5) is 40.9. The van der Waals surface area contributed by atoms with Gasteiger partial charge in [0.15, 0.2) is 0 Å². The minimum atomic E-state index is -0.617. The van der Waals surface area contributed by atoms with Gasteiger partial charge in [-0.1, -0.05) is 25.1 Å². The van der Waals surface area contributed by atoms with Crippen LogP contribution in [0.4, 0.5) is 0 Å². The molecule has 1 aliphatic heterocycles. The predicted molar refractivity (Wildman–Crippen MR) is 120 cm³/mol. The van der Waals surface area contributed by atoms with Crippen molar-refractivity contribution in [2.45, 2.75) is 51.6 Å². The lowest BCUT2D eigenvalue weighted by atomic mass is 10.1. The third-order valence-electron chi connectivity index (χ3n) is 6.20. The first-order chi connectivity index (χ1) is 14.9. The molecule has 2 aromatic heterocycles. The SMILES string of the molecule is CC[C@H](C(=O)N[C@H](C)C(=O)N1CCCCC1)n1c2ccccc2c2cnn(C)c(=O)c21. The Morgan fingerprint density at radius 3 is 2.55 bits per heavy atom. The summed E-state index contributed by atoms with van der Waals surface area (Å²) >= 11 is 0. The lowest BCUT2D eigenvalue weighted by Gasteiger charge is -2.30. The molecule has 0 radical (unpaired) electrons. The quantitative estimate of drug-likeness (QED) is 0.682. The van der Waals surface area contributed by atoms with Crippen LogP contribution in [0.15, 0.2) is 35.3 Å². The highest BCUT2D eigenvalue weighted by Crippen LogP contribution is 2.30. The number of piperidine rings is 1. The van der Waals surface area contributed by atoms with Crippen molar-refractivity contribution in [2.24, 2.45) is 7.05 Å². The molecule has 0 bridgehead atoms. The number of nitrogens with zero attached hydrogens (tertiary/aromatic N) is 4. The number of aromatic nitrogens is 3. The number of carbonyl (C=O) groups is 2. The summed E-state index contributed by atoms with van der Waals surface area (Å²) in [5, 5.41) is 8.67. The molecule has 1 fully saturated rings. The molecule has 2 amide bonds. The Bertz CT molecular complexity index is 1190. The summed E-state index contributed by atoms with van der Waals surface area (Å²) in [5.74, 6) is -0.313. The van der Waals surface area contributed by atoms with Crippen molar-refractivity contribution in [2.75, 3.05) is 13.1 Å². The number of rotatable bonds is 5. The van der Waals surface area contributed by atoms with Gasteiger partial charge in [0.2, 0.25) is 11.8 Å². The molecule has 1 aliphatic rings. The number of amides is 2. The number of hydrogen-bond acceptors (Lipinski definition) is 4. The topological polar surface area (TPSA) is 89.2 Å². The lowest BCUT2D eigenvalue weighted by molar-refractivity contribution is -0.137. The molecule has 8 nitrogen and oxygen atoms in total. The molecule has 0 aliphatic carbocycles. The molecule has 3 heterocycles. The molecule has 8 heteroatoms. The van der Waals surface area contributed by atoms with Crippen LogP contribution >= 0.6 is 0 Å². The third kappa shape index (κ3) is 3.71. The van der Waals surface area contributed by atoms with Crippen molar-refractivity contribution >= 4 is 33.6 Å². The second-order valence-electron chi connectivity index (χ2n) is 8.26. The van der Waals surface area contributed by atoms with Crippen LogP contribution < -0.4 is 10.9 Å². The standard InChI is InChI=1S/C23H29N5O3/c1-4-18(21(29)25-15(2)22(30)27-12-8-5-9-13-27)28-19-11-7-6-10-16(19)17-14-24-26(3)23(31)20(17)28/h6-7,10-11,14-15,18H,4-5,8-9,12-13H2,1-3H3,(H,25,29)/t15-,18-/m1/s1. The first-order valence-corrected chi connectivity index (χ1v) is 11.0. The van der Waals surface area contributed by atoms with E-state index in [2.05, 4.69) is 10.4 Å². The van der Waals surface area contributed by atoms with Crippen molar-refractivity contribution in [1.82, 2.24) is 24.6 Å². The fourth-order valence-corrected chi connectivity index (χ4v) is 4.56. The van der Waals surface area contributed by atoms with Gasteiger partial charge < -0.3 is 14.8 Å². The molecular weight excluding hydrogens is 394 g/mol. The van der Waals surface area contributed by atoms with E-state index >= 15 is 0 Å². The predicted octanol–water partition coefficient (Wildman–Crippen LogP) is 2.36. The van der Waals surface area contributed by atoms with Crippen LogP contribution in [-0.4, -0.2) is 50.2 Å². The highest BCUT2D eigenvalue weighted by Gasteiger charge is 2.29. The molecule has 164 valence electrons. The van der Waals surface area contributed by atoms with E-state index in [0.29, 0.717) is 11.9 Å². The third-order valence-corrected chi connectivity index (χ3v) is 6.20. The number of fused-ring (bicyclic) bond motifs is 3. The number of para-hydroxylation sites is 1. The zero-order valence-electron chi connectivity index (χ0n) is 18.3. The van der Waals surface area contributed by atoms with E-state index in [-0.39, 0.29) is 17.4 Å². The number of benzene rings is 1. The normalized spacial score (nSPS) is 16.4. The fraction of sp³-hybridized carbons (Fsp3) is 0.478. The van der Waals surface area contributed by atoms with E-state index in [1.807, 2.05) is 40.7 Å². The number of carbonyl (C=O) groups excluding carboxylic acids is 2. The zero-order valence-corrected chi connectivity index (χ0v) is 18.3. The molecule has 1 saturated heterocycles. The van der Waals surface area contributed by atoms with Crippen molar-refractivity contribution in [3.8, 4) is 0 Å². The van der Waals surface area contributed by atoms with E-state index < -0.39 is 12.1 Å². The van der Waals surface area contributed by atoms with E-state index in [9.17, 15) is 14.4 Å². The average Bonchev–Trinajstić information content (AvgIpc) is 3.12. The Morgan fingerprint density at radius 2 is 1.84 bits per heavy atom. The molecule has 0 unspecified atom stereocenters. The van der Waals surface area contributed by atoms with Crippen LogP contribution in [0.1, 0.15) is 45.6 Å².